The van der Waals surface area contributed by atoms with Crippen LogP contribution in [0.2, 0.25) is 5.02 Å². The highest BCUT2D eigenvalue weighted by Gasteiger charge is 2.23. The third kappa shape index (κ3) is 2.40. The molecular weight excluding hydrogens is 310 g/mol. The molecule has 3 rings (SSSR count). The van der Waals surface area contributed by atoms with Gasteiger partial charge < -0.3 is 5.11 Å². The molecule has 0 heterocycles. The fourth-order valence-electron chi connectivity index (χ4n) is 2.67. The number of carboxylic acids is 1. The average Bonchev–Trinajstić information content (AvgIpc) is 2.51. The van der Waals surface area contributed by atoms with Gasteiger partial charge >= 0.3 is 5.97 Å². The van der Waals surface area contributed by atoms with E-state index in [1.54, 1.807) is 12.1 Å². The van der Waals surface area contributed by atoms with Crippen molar-refractivity contribution < 1.29 is 18.7 Å². The van der Waals surface area contributed by atoms with Crippen molar-refractivity contribution in [3.8, 4) is 0 Å². The van der Waals surface area contributed by atoms with E-state index >= 15 is 0 Å². The van der Waals surface area contributed by atoms with Crippen LogP contribution < -0.4 is 0 Å². The van der Waals surface area contributed by atoms with Crippen LogP contribution in [0.5, 0.6) is 0 Å². The van der Waals surface area contributed by atoms with Gasteiger partial charge in [-0.05, 0) is 53.8 Å². The maximum atomic E-state index is 14.3. The molecule has 1 aliphatic rings. The molecule has 2 aromatic rings. The second-order valence-corrected chi connectivity index (χ2v) is 5.46. The fraction of sp³-hybridized carbons (Fsp3) is 0.118. The Hall–Kier alpha value is -2.20. The highest BCUT2D eigenvalue weighted by Crippen LogP contribution is 2.36. The van der Waals surface area contributed by atoms with Crippen LogP contribution in [0.3, 0.4) is 0 Å². The van der Waals surface area contributed by atoms with Crippen LogP contribution in [0.4, 0.5) is 8.78 Å². The SMILES string of the molecule is O=C(O)c1ccc2c(c1)C(c1c(F)ccc(Cl)c1F)=CCC2. The molecule has 0 aliphatic heterocycles. The van der Waals surface area contributed by atoms with Crippen LogP contribution in [0.1, 0.15) is 33.5 Å². The fourth-order valence-corrected chi connectivity index (χ4v) is 2.83. The van der Waals surface area contributed by atoms with E-state index < -0.39 is 17.6 Å². The Morgan fingerprint density at radius 1 is 1.18 bits per heavy atom. The zero-order valence-electron chi connectivity index (χ0n) is 11.4. The summed E-state index contributed by atoms with van der Waals surface area (Å²) in [4.78, 5) is 11.1. The molecular formula is C17H11ClF2O2. The first-order valence-corrected chi connectivity index (χ1v) is 7.07. The number of allylic oxidation sites excluding steroid dienone is 1. The van der Waals surface area contributed by atoms with Crippen LogP contribution in [0.15, 0.2) is 36.4 Å². The Balaban J connectivity index is 2.23. The molecule has 112 valence electrons. The van der Waals surface area contributed by atoms with Gasteiger partial charge in [-0.2, -0.15) is 0 Å². The van der Waals surface area contributed by atoms with Crippen LogP contribution in [-0.2, 0) is 6.42 Å². The minimum atomic E-state index is -1.08. The van der Waals surface area contributed by atoms with E-state index in [4.69, 9.17) is 16.7 Å². The number of benzene rings is 2. The molecule has 0 saturated carbocycles. The normalized spacial score (nSPS) is 13.5. The molecule has 0 bridgehead atoms. The summed E-state index contributed by atoms with van der Waals surface area (Å²) >= 11 is 5.75. The first-order valence-electron chi connectivity index (χ1n) is 6.69. The maximum absolute atomic E-state index is 14.3. The summed E-state index contributed by atoms with van der Waals surface area (Å²) in [6.07, 6.45) is 3.04. The van der Waals surface area contributed by atoms with E-state index in [-0.39, 0.29) is 16.1 Å². The number of fused-ring (bicyclic) bond motifs is 1. The summed E-state index contributed by atoms with van der Waals surface area (Å²) in [6.45, 7) is 0. The molecule has 0 aromatic heterocycles. The quantitative estimate of drug-likeness (QED) is 0.815. The highest BCUT2D eigenvalue weighted by molar-refractivity contribution is 6.31. The number of rotatable bonds is 2. The Labute approximate surface area is 130 Å². The standard InChI is InChI=1S/C17H11ClF2O2/c18-13-6-7-14(19)15(16(13)20)11-3-1-2-9-4-5-10(17(21)22)8-12(9)11/h3-8H,1-2H2,(H,21,22). The van der Waals surface area contributed by atoms with Crippen molar-refractivity contribution >= 4 is 23.1 Å². The van der Waals surface area contributed by atoms with Crippen molar-refractivity contribution in [1.29, 1.82) is 0 Å². The van der Waals surface area contributed by atoms with Gasteiger partial charge in [0, 0.05) is 0 Å². The van der Waals surface area contributed by atoms with Crippen LogP contribution in [0.25, 0.3) is 5.57 Å². The first-order chi connectivity index (χ1) is 10.5. The van der Waals surface area contributed by atoms with E-state index in [9.17, 15) is 13.6 Å². The highest BCUT2D eigenvalue weighted by atomic mass is 35.5. The number of carbonyl (C=O) groups is 1. The molecule has 1 N–H and O–H groups in total. The smallest absolute Gasteiger partial charge is 0.335 e. The number of hydrogen-bond donors (Lipinski definition) is 1. The summed E-state index contributed by atoms with van der Waals surface area (Å²) in [5.41, 5.74) is 1.61. The van der Waals surface area contributed by atoms with Gasteiger partial charge in [0.25, 0.3) is 0 Å². The molecule has 0 atom stereocenters. The monoisotopic (exact) mass is 320 g/mol. The van der Waals surface area contributed by atoms with Gasteiger partial charge in [0.1, 0.15) is 5.82 Å². The van der Waals surface area contributed by atoms with Crippen molar-refractivity contribution in [1.82, 2.24) is 0 Å². The van der Waals surface area contributed by atoms with Gasteiger partial charge in [0.15, 0.2) is 5.82 Å². The number of aryl methyl sites for hydroxylation is 1. The van der Waals surface area contributed by atoms with Crippen molar-refractivity contribution in [2.45, 2.75) is 12.8 Å². The Kier molecular flexibility index (Phi) is 3.71. The predicted octanol–water partition coefficient (Wildman–Crippen LogP) is 4.69. The molecule has 0 spiro atoms. The summed E-state index contributed by atoms with van der Waals surface area (Å²) in [7, 11) is 0. The van der Waals surface area contributed by atoms with Gasteiger partial charge in [-0.3, -0.25) is 0 Å². The lowest BCUT2D eigenvalue weighted by Crippen LogP contribution is -2.07. The number of carboxylic acid groups (broad SMARTS) is 1. The molecule has 22 heavy (non-hydrogen) atoms. The molecule has 2 nitrogen and oxygen atoms in total. The Bertz CT molecular complexity index is 813. The molecule has 0 amide bonds. The van der Waals surface area contributed by atoms with E-state index in [0.717, 1.165) is 17.7 Å². The third-order valence-corrected chi connectivity index (χ3v) is 4.01. The largest absolute Gasteiger partial charge is 0.478 e. The van der Waals surface area contributed by atoms with Crippen molar-refractivity contribution in [2.24, 2.45) is 0 Å². The zero-order valence-corrected chi connectivity index (χ0v) is 12.1. The van der Waals surface area contributed by atoms with Crippen molar-refractivity contribution in [3.05, 3.63) is 75.3 Å². The average molecular weight is 321 g/mol. The molecule has 1 aliphatic carbocycles. The van der Waals surface area contributed by atoms with Gasteiger partial charge in [-0.15, -0.1) is 0 Å². The van der Waals surface area contributed by atoms with Crippen LogP contribution in [0, 0.1) is 11.6 Å². The molecule has 0 radical (unpaired) electrons. The second-order valence-electron chi connectivity index (χ2n) is 5.05. The summed E-state index contributed by atoms with van der Waals surface area (Å²) in [5, 5.41) is 8.94. The Morgan fingerprint density at radius 2 is 1.95 bits per heavy atom. The van der Waals surface area contributed by atoms with Crippen molar-refractivity contribution in [2.75, 3.05) is 0 Å². The minimum Gasteiger partial charge on any atom is -0.478 e. The van der Waals surface area contributed by atoms with Gasteiger partial charge in [-0.1, -0.05) is 23.7 Å². The molecule has 0 unspecified atom stereocenters. The molecule has 2 aromatic carbocycles. The van der Waals surface area contributed by atoms with Crippen molar-refractivity contribution in [3.63, 3.8) is 0 Å². The number of aromatic carboxylic acids is 1. The number of halogens is 3. The van der Waals surface area contributed by atoms with E-state index in [1.165, 1.54) is 12.1 Å². The summed E-state index contributed by atoms with van der Waals surface area (Å²) in [5.74, 6) is -2.64. The Morgan fingerprint density at radius 3 is 2.68 bits per heavy atom. The summed E-state index contributed by atoms with van der Waals surface area (Å²) in [6, 6.07) is 6.90. The lowest BCUT2D eigenvalue weighted by molar-refractivity contribution is 0.0697. The predicted molar refractivity (Wildman–Crippen MR) is 80.2 cm³/mol. The van der Waals surface area contributed by atoms with E-state index in [0.29, 0.717) is 24.0 Å². The van der Waals surface area contributed by atoms with E-state index in [2.05, 4.69) is 0 Å². The number of hydrogen-bond acceptors (Lipinski definition) is 1. The van der Waals surface area contributed by atoms with Gasteiger partial charge in [0.05, 0.1) is 16.1 Å². The van der Waals surface area contributed by atoms with Gasteiger partial charge in [0.2, 0.25) is 0 Å². The summed E-state index contributed by atoms with van der Waals surface area (Å²) < 4.78 is 28.4. The van der Waals surface area contributed by atoms with Crippen LogP contribution in [-0.4, -0.2) is 11.1 Å². The molecule has 0 saturated heterocycles. The topological polar surface area (TPSA) is 37.3 Å². The molecule has 5 heteroatoms. The first kappa shape index (κ1) is 14.7. The van der Waals surface area contributed by atoms with E-state index in [1.807, 2.05) is 0 Å². The lowest BCUT2D eigenvalue weighted by Gasteiger charge is -2.20. The minimum absolute atomic E-state index is 0.0781. The zero-order chi connectivity index (χ0) is 15.9. The lowest BCUT2D eigenvalue weighted by atomic mass is 9.85. The second kappa shape index (κ2) is 5.54. The molecule has 0 fully saturated rings. The van der Waals surface area contributed by atoms with Gasteiger partial charge in [-0.25, -0.2) is 13.6 Å². The van der Waals surface area contributed by atoms with Crippen LogP contribution >= 0.6 is 11.6 Å². The maximum Gasteiger partial charge on any atom is 0.335 e. The third-order valence-electron chi connectivity index (χ3n) is 3.72.